The molecule has 2 N–H and O–H groups in total. The number of amides is 1. The van der Waals surface area contributed by atoms with E-state index in [0.717, 1.165) is 45.3 Å². The van der Waals surface area contributed by atoms with Gasteiger partial charge in [0.05, 0.1) is 10.6 Å². The van der Waals surface area contributed by atoms with Crippen molar-refractivity contribution in [2.75, 3.05) is 31.9 Å². The van der Waals surface area contributed by atoms with Gasteiger partial charge in [0.1, 0.15) is 0 Å². The number of nitrogens with two attached hydrogens (primary N) is 1. The number of carbonyl (C=O) groups excluding carboxylic acids is 1. The fourth-order valence-electron chi connectivity index (χ4n) is 4.40. The zero-order valence-corrected chi connectivity index (χ0v) is 22.9. The molecule has 2 aromatic rings. The molecule has 0 aromatic heterocycles. The van der Waals surface area contributed by atoms with Gasteiger partial charge in [-0.3, -0.25) is 4.79 Å². The van der Waals surface area contributed by atoms with E-state index in [1.165, 1.54) is 24.0 Å². The molecule has 0 radical (unpaired) electrons. The van der Waals surface area contributed by atoms with Crippen LogP contribution in [0, 0.1) is 0 Å². The SMILES string of the molecule is CCCCC/C(=C\c1ccccc1)CN(C(=O)c1ccc(N)cc1Cl)C(C)CCCN(CC)CC. The lowest BCUT2D eigenvalue weighted by molar-refractivity contribution is 0.0698. The Bertz CT molecular complexity index is 924. The number of nitrogen functional groups attached to an aromatic ring is 1. The van der Waals surface area contributed by atoms with Crippen LogP contribution in [0.1, 0.15) is 82.1 Å². The molecule has 5 heteroatoms. The quantitative estimate of drug-likeness (QED) is 0.204. The van der Waals surface area contributed by atoms with Gasteiger partial charge in [0.15, 0.2) is 0 Å². The van der Waals surface area contributed by atoms with Crippen molar-refractivity contribution in [2.24, 2.45) is 0 Å². The van der Waals surface area contributed by atoms with Crippen LogP contribution in [-0.2, 0) is 0 Å². The number of anilines is 1. The Kier molecular flexibility index (Phi) is 12.9. The number of nitrogens with zero attached hydrogens (tertiary/aromatic N) is 2. The molecule has 4 nitrogen and oxygen atoms in total. The van der Waals surface area contributed by atoms with Gasteiger partial charge in [0.25, 0.3) is 5.91 Å². The van der Waals surface area contributed by atoms with E-state index in [-0.39, 0.29) is 11.9 Å². The van der Waals surface area contributed by atoms with E-state index < -0.39 is 0 Å². The number of hydrogen-bond acceptors (Lipinski definition) is 3. The Morgan fingerprint density at radius 1 is 1.03 bits per heavy atom. The number of carbonyl (C=O) groups is 1. The lowest BCUT2D eigenvalue weighted by Gasteiger charge is -2.32. The van der Waals surface area contributed by atoms with Crippen molar-refractivity contribution in [1.29, 1.82) is 0 Å². The first-order valence-electron chi connectivity index (χ1n) is 13.2. The maximum absolute atomic E-state index is 13.8. The third-order valence-electron chi connectivity index (χ3n) is 6.65. The van der Waals surface area contributed by atoms with E-state index in [0.29, 0.717) is 22.8 Å². The molecular formula is C30H44ClN3O. The van der Waals surface area contributed by atoms with Gasteiger partial charge in [-0.25, -0.2) is 0 Å². The highest BCUT2D eigenvalue weighted by Crippen LogP contribution is 2.25. The molecule has 1 amide bonds. The minimum absolute atomic E-state index is 0.0280. The third kappa shape index (κ3) is 9.70. The summed E-state index contributed by atoms with van der Waals surface area (Å²) >= 11 is 6.48. The molecule has 1 atom stereocenters. The van der Waals surface area contributed by atoms with Crippen molar-refractivity contribution in [3.8, 4) is 0 Å². The van der Waals surface area contributed by atoms with Crippen LogP contribution >= 0.6 is 11.6 Å². The average Bonchev–Trinajstić information content (AvgIpc) is 2.85. The molecule has 2 rings (SSSR count). The summed E-state index contributed by atoms with van der Waals surface area (Å²) in [4.78, 5) is 18.3. The van der Waals surface area contributed by atoms with Gasteiger partial charge in [-0.05, 0) is 76.0 Å². The lowest BCUT2D eigenvalue weighted by atomic mass is 10.0. The van der Waals surface area contributed by atoms with Gasteiger partial charge in [-0.15, -0.1) is 0 Å². The van der Waals surface area contributed by atoms with E-state index in [1.807, 2.05) is 11.0 Å². The molecule has 0 spiro atoms. The number of benzene rings is 2. The van der Waals surface area contributed by atoms with Crippen molar-refractivity contribution in [3.63, 3.8) is 0 Å². The summed E-state index contributed by atoms with van der Waals surface area (Å²) in [6, 6.07) is 15.7. The van der Waals surface area contributed by atoms with Crippen LogP contribution in [0.25, 0.3) is 6.08 Å². The Hall–Kier alpha value is -2.30. The predicted octanol–water partition coefficient (Wildman–Crippen LogP) is 7.54. The fraction of sp³-hybridized carbons (Fsp3) is 0.500. The molecule has 0 aliphatic carbocycles. The van der Waals surface area contributed by atoms with E-state index in [2.05, 4.69) is 62.9 Å². The maximum atomic E-state index is 13.8. The molecule has 0 aliphatic rings. The Morgan fingerprint density at radius 3 is 2.37 bits per heavy atom. The highest BCUT2D eigenvalue weighted by molar-refractivity contribution is 6.34. The van der Waals surface area contributed by atoms with Crippen molar-refractivity contribution in [3.05, 3.63) is 70.3 Å². The van der Waals surface area contributed by atoms with Crippen LogP contribution in [0.4, 0.5) is 5.69 Å². The van der Waals surface area contributed by atoms with Crippen LogP contribution < -0.4 is 5.73 Å². The summed E-state index contributed by atoms with van der Waals surface area (Å²) in [7, 11) is 0. The van der Waals surface area contributed by atoms with E-state index in [4.69, 9.17) is 17.3 Å². The zero-order valence-electron chi connectivity index (χ0n) is 22.1. The molecule has 0 bridgehead atoms. The number of halogens is 1. The van der Waals surface area contributed by atoms with Gasteiger partial charge in [0.2, 0.25) is 0 Å². The molecule has 0 fully saturated rings. The van der Waals surface area contributed by atoms with E-state index >= 15 is 0 Å². The van der Waals surface area contributed by atoms with Gasteiger partial charge in [0, 0.05) is 18.3 Å². The van der Waals surface area contributed by atoms with Gasteiger partial charge >= 0.3 is 0 Å². The van der Waals surface area contributed by atoms with Gasteiger partial charge in [-0.2, -0.15) is 0 Å². The topological polar surface area (TPSA) is 49.6 Å². The van der Waals surface area contributed by atoms with Crippen molar-refractivity contribution >= 4 is 29.3 Å². The Labute approximate surface area is 218 Å². The van der Waals surface area contributed by atoms with Gasteiger partial charge in [-0.1, -0.05) is 87.2 Å². The fourth-order valence-corrected chi connectivity index (χ4v) is 4.67. The average molecular weight is 498 g/mol. The second-order valence-electron chi connectivity index (χ2n) is 9.36. The van der Waals surface area contributed by atoms with E-state index in [9.17, 15) is 4.79 Å². The summed E-state index contributed by atoms with van der Waals surface area (Å²) in [6.45, 7) is 12.5. The van der Waals surface area contributed by atoms with Crippen LogP contribution in [0.5, 0.6) is 0 Å². The smallest absolute Gasteiger partial charge is 0.255 e. The highest BCUT2D eigenvalue weighted by atomic mass is 35.5. The van der Waals surface area contributed by atoms with Crippen LogP contribution in [-0.4, -0.2) is 47.9 Å². The highest BCUT2D eigenvalue weighted by Gasteiger charge is 2.24. The minimum Gasteiger partial charge on any atom is -0.399 e. The van der Waals surface area contributed by atoms with Crippen LogP contribution in [0.3, 0.4) is 0 Å². The molecule has 2 aromatic carbocycles. The summed E-state index contributed by atoms with van der Waals surface area (Å²) in [5, 5.41) is 0.412. The second kappa shape index (κ2) is 15.6. The van der Waals surface area contributed by atoms with Crippen molar-refractivity contribution in [1.82, 2.24) is 9.80 Å². The Balaban J connectivity index is 2.31. The number of rotatable bonds is 15. The number of hydrogen-bond donors (Lipinski definition) is 1. The Morgan fingerprint density at radius 2 is 1.74 bits per heavy atom. The summed E-state index contributed by atoms with van der Waals surface area (Å²) < 4.78 is 0. The number of unbranched alkanes of at least 4 members (excludes halogenated alkanes) is 2. The predicted molar refractivity (Wildman–Crippen MR) is 152 cm³/mol. The van der Waals surface area contributed by atoms with Crippen LogP contribution in [0.15, 0.2) is 54.1 Å². The summed E-state index contributed by atoms with van der Waals surface area (Å²) in [5.74, 6) is -0.0280. The summed E-state index contributed by atoms with van der Waals surface area (Å²) in [6.07, 6.45) is 8.71. The molecular weight excluding hydrogens is 454 g/mol. The van der Waals surface area contributed by atoms with Gasteiger partial charge < -0.3 is 15.5 Å². The largest absolute Gasteiger partial charge is 0.399 e. The molecule has 192 valence electrons. The molecule has 0 aliphatic heterocycles. The molecule has 35 heavy (non-hydrogen) atoms. The third-order valence-corrected chi connectivity index (χ3v) is 6.97. The second-order valence-corrected chi connectivity index (χ2v) is 9.77. The lowest BCUT2D eigenvalue weighted by Crippen LogP contribution is -2.40. The van der Waals surface area contributed by atoms with Crippen molar-refractivity contribution in [2.45, 2.75) is 72.3 Å². The van der Waals surface area contributed by atoms with Crippen LogP contribution in [0.2, 0.25) is 5.02 Å². The molecule has 0 heterocycles. The first kappa shape index (κ1) is 28.9. The monoisotopic (exact) mass is 497 g/mol. The summed E-state index contributed by atoms with van der Waals surface area (Å²) in [5.41, 5.74) is 9.43. The molecule has 0 saturated heterocycles. The molecule has 0 saturated carbocycles. The normalized spacial score (nSPS) is 12.7. The molecule has 1 unspecified atom stereocenters. The zero-order chi connectivity index (χ0) is 25.6. The minimum atomic E-state index is -0.0280. The first-order chi connectivity index (χ1) is 16.9. The standard InChI is InChI=1S/C30H44ClN3O/c1-5-8-10-17-26(21-25-15-11-9-12-16-25)23-34(24(4)14-13-20-33(6-2)7-3)30(35)28-19-18-27(32)22-29(28)31/h9,11-12,15-16,18-19,21-22,24H,5-8,10,13-14,17,20,23,32H2,1-4H3/b26-21+. The van der Waals surface area contributed by atoms with Crippen molar-refractivity contribution < 1.29 is 4.79 Å². The maximum Gasteiger partial charge on any atom is 0.255 e. The first-order valence-corrected chi connectivity index (χ1v) is 13.6. The van der Waals surface area contributed by atoms with E-state index in [1.54, 1.807) is 18.2 Å².